The molecule has 1 heterocycles. The number of nitrogen functional groups attached to an aromatic ring is 1. The first-order valence-corrected chi connectivity index (χ1v) is 4.03. The fourth-order valence-corrected chi connectivity index (χ4v) is 1.09. The van der Waals surface area contributed by atoms with Crippen LogP contribution in [0.3, 0.4) is 0 Å². The zero-order valence-corrected chi connectivity index (χ0v) is 7.54. The van der Waals surface area contributed by atoms with Gasteiger partial charge in [-0.05, 0) is 23.6 Å². The maximum Gasteiger partial charge on any atom is 0.0644 e. The summed E-state index contributed by atoms with van der Waals surface area (Å²) in [5.74, 6) is 0.427. The summed E-state index contributed by atoms with van der Waals surface area (Å²) < 4.78 is 0. The van der Waals surface area contributed by atoms with E-state index in [2.05, 4.69) is 25.4 Å². The molecule has 2 nitrogen and oxygen atoms in total. The number of rotatable bonds is 2. The molecule has 0 radical (unpaired) electrons. The van der Waals surface area contributed by atoms with E-state index in [0.717, 1.165) is 16.9 Å². The van der Waals surface area contributed by atoms with Gasteiger partial charge in [0.05, 0.1) is 5.69 Å². The highest BCUT2D eigenvalue weighted by molar-refractivity contribution is 5.54. The summed E-state index contributed by atoms with van der Waals surface area (Å²) in [6, 6.07) is 1.85. The number of hydrogen-bond donors (Lipinski definition) is 1. The number of nitrogens with zero attached hydrogens (tertiary/aromatic N) is 1. The van der Waals surface area contributed by atoms with Crippen LogP contribution < -0.4 is 5.73 Å². The lowest BCUT2D eigenvalue weighted by Gasteiger charge is -2.08. The van der Waals surface area contributed by atoms with Gasteiger partial charge in [-0.15, -0.1) is 0 Å². The fourth-order valence-electron chi connectivity index (χ4n) is 1.09. The molecule has 0 aliphatic heterocycles. The van der Waals surface area contributed by atoms with E-state index in [1.807, 2.05) is 12.3 Å². The second kappa shape index (κ2) is 3.39. The summed E-state index contributed by atoms with van der Waals surface area (Å²) >= 11 is 0. The molecule has 1 rings (SSSR count). The minimum absolute atomic E-state index is 0.427. The highest BCUT2D eigenvalue weighted by Crippen LogP contribution is 2.21. The lowest BCUT2D eigenvalue weighted by Crippen LogP contribution is -1.98. The molecule has 0 unspecified atom stereocenters. The quantitative estimate of drug-likeness (QED) is 0.725. The van der Waals surface area contributed by atoms with Crippen LogP contribution in [0.2, 0.25) is 0 Å². The lowest BCUT2D eigenvalue weighted by molar-refractivity contribution is 0.861. The minimum Gasteiger partial charge on any atom is -0.398 e. The summed E-state index contributed by atoms with van der Waals surface area (Å²) in [7, 11) is 0. The van der Waals surface area contributed by atoms with E-state index in [4.69, 9.17) is 5.73 Å². The van der Waals surface area contributed by atoms with Crippen LogP contribution in [-0.2, 0) is 0 Å². The van der Waals surface area contributed by atoms with Gasteiger partial charge in [0.1, 0.15) is 0 Å². The maximum atomic E-state index is 5.81. The molecule has 12 heavy (non-hydrogen) atoms. The molecule has 0 saturated carbocycles. The summed E-state index contributed by atoms with van der Waals surface area (Å²) in [5, 5.41) is 0. The lowest BCUT2D eigenvalue weighted by atomic mass is 10.0. The van der Waals surface area contributed by atoms with Crippen LogP contribution in [0.15, 0.2) is 18.8 Å². The van der Waals surface area contributed by atoms with E-state index in [0.29, 0.717) is 5.92 Å². The SMILES string of the molecule is C=Cc1cc(N)c(C(C)C)cn1. The van der Waals surface area contributed by atoms with Gasteiger partial charge in [-0.1, -0.05) is 20.4 Å². The third kappa shape index (κ3) is 1.64. The van der Waals surface area contributed by atoms with Crippen molar-refractivity contribution in [1.82, 2.24) is 4.98 Å². The largest absolute Gasteiger partial charge is 0.398 e. The third-order valence-corrected chi connectivity index (χ3v) is 1.82. The molecule has 1 aromatic rings. The van der Waals surface area contributed by atoms with E-state index in [1.165, 1.54) is 0 Å². The van der Waals surface area contributed by atoms with Crippen molar-refractivity contribution in [3.05, 3.63) is 30.1 Å². The predicted molar refractivity (Wildman–Crippen MR) is 52.8 cm³/mol. The molecule has 0 aliphatic rings. The average Bonchev–Trinajstić information content (AvgIpc) is 2.03. The van der Waals surface area contributed by atoms with Gasteiger partial charge in [-0.2, -0.15) is 0 Å². The fraction of sp³-hybridized carbons (Fsp3) is 0.300. The molecule has 0 bridgehead atoms. The van der Waals surface area contributed by atoms with Crippen molar-refractivity contribution in [2.24, 2.45) is 0 Å². The Hall–Kier alpha value is -1.31. The summed E-state index contributed by atoms with van der Waals surface area (Å²) in [4.78, 5) is 4.18. The molecule has 1 aromatic heterocycles. The van der Waals surface area contributed by atoms with E-state index < -0.39 is 0 Å². The first kappa shape index (κ1) is 8.78. The Bertz CT molecular complexity index is 290. The monoisotopic (exact) mass is 162 g/mol. The second-order valence-electron chi connectivity index (χ2n) is 3.10. The Morgan fingerprint density at radius 3 is 2.67 bits per heavy atom. The van der Waals surface area contributed by atoms with Crippen LogP contribution in [0.25, 0.3) is 6.08 Å². The summed E-state index contributed by atoms with van der Waals surface area (Å²) in [5.41, 5.74) is 8.54. The van der Waals surface area contributed by atoms with Crippen molar-refractivity contribution >= 4 is 11.8 Å². The van der Waals surface area contributed by atoms with Crippen LogP contribution in [0.5, 0.6) is 0 Å². The number of anilines is 1. The molecule has 0 aromatic carbocycles. The highest BCUT2D eigenvalue weighted by Gasteiger charge is 2.03. The smallest absolute Gasteiger partial charge is 0.0644 e. The number of aromatic nitrogens is 1. The van der Waals surface area contributed by atoms with Crippen molar-refractivity contribution in [1.29, 1.82) is 0 Å². The second-order valence-corrected chi connectivity index (χ2v) is 3.10. The Labute approximate surface area is 73.1 Å². The maximum absolute atomic E-state index is 5.81. The van der Waals surface area contributed by atoms with E-state index >= 15 is 0 Å². The molecular formula is C10H14N2. The van der Waals surface area contributed by atoms with Crippen molar-refractivity contribution in [2.45, 2.75) is 19.8 Å². The molecule has 64 valence electrons. The zero-order valence-electron chi connectivity index (χ0n) is 7.54. The summed E-state index contributed by atoms with van der Waals surface area (Å²) in [6.07, 6.45) is 3.51. The molecule has 0 spiro atoms. The molecule has 2 heteroatoms. The molecule has 2 N–H and O–H groups in total. The van der Waals surface area contributed by atoms with Gasteiger partial charge in [-0.25, -0.2) is 0 Å². The van der Waals surface area contributed by atoms with Crippen LogP contribution in [0.1, 0.15) is 31.0 Å². The topological polar surface area (TPSA) is 38.9 Å². The van der Waals surface area contributed by atoms with Gasteiger partial charge in [0.2, 0.25) is 0 Å². The van der Waals surface area contributed by atoms with Crippen LogP contribution in [-0.4, -0.2) is 4.98 Å². The molecule has 0 aliphatic carbocycles. The van der Waals surface area contributed by atoms with Crippen molar-refractivity contribution in [3.8, 4) is 0 Å². The predicted octanol–water partition coefficient (Wildman–Crippen LogP) is 2.43. The average molecular weight is 162 g/mol. The number of nitrogens with two attached hydrogens (primary N) is 1. The number of pyridine rings is 1. The summed E-state index contributed by atoms with van der Waals surface area (Å²) in [6.45, 7) is 7.82. The normalized spacial score (nSPS) is 10.2. The van der Waals surface area contributed by atoms with Gasteiger partial charge >= 0.3 is 0 Å². The number of hydrogen-bond acceptors (Lipinski definition) is 2. The van der Waals surface area contributed by atoms with Crippen molar-refractivity contribution in [2.75, 3.05) is 5.73 Å². The van der Waals surface area contributed by atoms with Crippen molar-refractivity contribution in [3.63, 3.8) is 0 Å². The Balaban J connectivity index is 3.11. The van der Waals surface area contributed by atoms with Gasteiger partial charge < -0.3 is 5.73 Å². The molecule has 0 atom stereocenters. The van der Waals surface area contributed by atoms with Crippen LogP contribution >= 0.6 is 0 Å². The molecular weight excluding hydrogens is 148 g/mol. The van der Waals surface area contributed by atoms with Gasteiger partial charge in [0, 0.05) is 11.9 Å². The zero-order chi connectivity index (χ0) is 9.14. The van der Waals surface area contributed by atoms with E-state index in [9.17, 15) is 0 Å². The first-order chi connectivity index (χ1) is 5.65. The third-order valence-electron chi connectivity index (χ3n) is 1.82. The standard InChI is InChI=1S/C10H14N2/c1-4-8-5-10(11)9(6-12-8)7(2)3/h4-7H,1H2,2-3H3,(H2,11,12). The Morgan fingerprint density at radius 1 is 1.58 bits per heavy atom. The van der Waals surface area contributed by atoms with Gasteiger partial charge in [-0.3, -0.25) is 4.98 Å². The molecule has 0 fully saturated rings. The van der Waals surface area contributed by atoms with Crippen LogP contribution in [0.4, 0.5) is 5.69 Å². The Kier molecular flexibility index (Phi) is 2.48. The first-order valence-electron chi connectivity index (χ1n) is 4.03. The van der Waals surface area contributed by atoms with Gasteiger partial charge in [0.25, 0.3) is 0 Å². The minimum atomic E-state index is 0.427. The highest BCUT2D eigenvalue weighted by atomic mass is 14.7. The van der Waals surface area contributed by atoms with E-state index in [-0.39, 0.29) is 0 Å². The molecule has 0 saturated heterocycles. The Morgan fingerprint density at radius 2 is 2.25 bits per heavy atom. The van der Waals surface area contributed by atoms with Gasteiger partial charge in [0.15, 0.2) is 0 Å². The van der Waals surface area contributed by atoms with E-state index in [1.54, 1.807) is 6.08 Å². The molecule has 0 amide bonds. The van der Waals surface area contributed by atoms with Crippen molar-refractivity contribution < 1.29 is 0 Å². The van der Waals surface area contributed by atoms with Crippen LogP contribution in [0, 0.1) is 0 Å².